The number of phenols is 1. The molecule has 0 amide bonds. The molecule has 0 saturated heterocycles. The number of azide groups is 1. The van der Waals surface area contributed by atoms with E-state index in [0.29, 0.717) is 0 Å². The first-order chi connectivity index (χ1) is 7.95. The molecule has 7 heteroatoms. The first-order valence-electron chi connectivity index (χ1n) is 4.53. The number of hydrogen-bond acceptors (Lipinski definition) is 2. The number of hydrogen-bond donors (Lipinski definition) is 1. The molecule has 1 aromatic carbocycles. The maximum atomic E-state index is 12.4. The first kappa shape index (κ1) is 12.9. The number of nitrogens with zero attached hydrogens (tertiary/aromatic N) is 3. The highest BCUT2D eigenvalue weighted by atomic mass is 19.4. The number of alkyl halides is 3. The van der Waals surface area contributed by atoms with E-state index in [9.17, 15) is 13.2 Å². The van der Waals surface area contributed by atoms with Crippen LogP contribution < -0.4 is 0 Å². The van der Waals surface area contributed by atoms with Crippen molar-refractivity contribution in [3.63, 3.8) is 0 Å². The second kappa shape index (κ2) is 5.27. The topological polar surface area (TPSA) is 69.0 Å². The van der Waals surface area contributed by atoms with E-state index in [4.69, 9.17) is 10.6 Å². The van der Waals surface area contributed by atoms with Crippen LogP contribution in [0, 0.1) is 0 Å². The van der Waals surface area contributed by atoms with Crippen molar-refractivity contribution in [1.29, 1.82) is 0 Å². The summed E-state index contributed by atoms with van der Waals surface area (Å²) in [7, 11) is 0. The zero-order valence-electron chi connectivity index (χ0n) is 8.52. The normalized spacial score (nSPS) is 11.5. The average Bonchev–Trinajstić information content (AvgIpc) is 2.25. The van der Waals surface area contributed by atoms with Crippen molar-refractivity contribution in [3.05, 3.63) is 45.8 Å². The minimum atomic E-state index is -4.60. The Morgan fingerprint density at radius 1 is 1.41 bits per heavy atom. The standard InChI is InChI=1S/C10H8F3N3O/c11-10(12,13)8-6-7(3-4-9(8)17)2-1-5-15-16-14/h1-4,6,17H,5H2. The van der Waals surface area contributed by atoms with Crippen LogP contribution in [-0.4, -0.2) is 11.7 Å². The molecule has 0 saturated carbocycles. The lowest BCUT2D eigenvalue weighted by atomic mass is 10.1. The molecule has 0 atom stereocenters. The highest BCUT2D eigenvalue weighted by Crippen LogP contribution is 2.36. The van der Waals surface area contributed by atoms with Gasteiger partial charge in [-0.3, -0.25) is 0 Å². The van der Waals surface area contributed by atoms with Gasteiger partial charge in [0.2, 0.25) is 0 Å². The Kier molecular flexibility index (Phi) is 4.01. The monoisotopic (exact) mass is 243 g/mol. The third-order valence-electron chi connectivity index (χ3n) is 1.89. The Morgan fingerprint density at radius 3 is 2.71 bits per heavy atom. The van der Waals surface area contributed by atoms with E-state index in [1.807, 2.05) is 0 Å². The van der Waals surface area contributed by atoms with Crippen LogP contribution in [0.2, 0.25) is 0 Å². The molecule has 90 valence electrons. The number of phenolic OH excluding ortho intramolecular Hbond substituents is 1. The Bertz CT molecular complexity index is 476. The third kappa shape index (κ3) is 3.73. The molecule has 17 heavy (non-hydrogen) atoms. The maximum absolute atomic E-state index is 12.4. The number of benzene rings is 1. The molecule has 0 heterocycles. The summed E-state index contributed by atoms with van der Waals surface area (Å²) in [6.07, 6.45) is -1.80. The van der Waals surface area contributed by atoms with E-state index in [2.05, 4.69) is 10.0 Å². The van der Waals surface area contributed by atoms with Crippen LogP contribution in [-0.2, 0) is 6.18 Å². The summed E-state index contributed by atoms with van der Waals surface area (Å²) < 4.78 is 37.3. The third-order valence-corrected chi connectivity index (χ3v) is 1.89. The highest BCUT2D eigenvalue weighted by molar-refractivity contribution is 5.53. The number of rotatable bonds is 3. The van der Waals surface area contributed by atoms with E-state index in [-0.39, 0.29) is 12.1 Å². The van der Waals surface area contributed by atoms with Crippen molar-refractivity contribution >= 4 is 6.08 Å². The van der Waals surface area contributed by atoms with Gasteiger partial charge in [0.25, 0.3) is 0 Å². The van der Waals surface area contributed by atoms with Crippen LogP contribution in [0.4, 0.5) is 13.2 Å². The Balaban J connectivity index is 2.97. The fourth-order valence-corrected chi connectivity index (χ4v) is 1.16. The smallest absolute Gasteiger partial charge is 0.419 e. The van der Waals surface area contributed by atoms with Crippen molar-refractivity contribution < 1.29 is 18.3 Å². The van der Waals surface area contributed by atoms with Crippen molar-refractivity contribution in [2.75, 3.05) is 6.54 Å². The van der Waals surface area contributed by atoms with Crippen LogP contribution in [0.3, 0.4) is 0 Å². The average molecular weight is 243 g/mol. The molecule has 0 aliphatic rings. The van der Waals surface area contributed by atoms with Crippen LogP contribution >= 0.6 is 0 Å². The summed E-state index contributed by atoms with van der Waals surface area (Å²) in [5.74, 6) is -0.815. The fraction of sp³-hybridized carbons (Fsp3) is 0.200. The lowest BCUT2D eigenvalue weighted by molar-refractivity contribution is -0.138. The van der Waals surface area contributed by atoms with Gasteiger partial charge < -0.3 is 5.11 Å². The van der Waals surface area contributed by atoms with Gasteiger partial charge in [-0.15, -0.1) is 0 Å². The van der Waals surface area contributed by atoms with Gasteiger partial charge in [-0.25, -0.2) is 0 Å². The summed E-state index contributed by atoms with van der Waals surface area (Å²) in [6.45, 7) is 0.0543. The van der Waals surface area contributed by atoms with Gasteiger partial charge in [-0.2, -0.15) is 13.2 Å². The molecule has 0 bridgehead atoms. The molecule has 0 spiro atoms. The molecular formula is C10H8F3N3O. The van der Waals surface area contributed by atoms with Crippen LogP contribution in [0.5, 0.6) is 5.75 Å². The van der Waals surface area contributed by atoms with E-state index >= 15 is 0 Å². The molecule has 0 aliphatic carbocycles. The minimum absolute atomic E-state index is 0.0543. The Labute approximate surface area is 94.6 Å². The van der Waals surface area contributed by atoms with E-state index in [1.165, 1.54) is 18.2 Å². The van der Waals surface area contributed by atoms with Crippen LogP contribution in [0.1, 0.15) is 11.1 Å². The molecule has 4 nitrogen and oxygen atoms in total. The number of halogens is 3. The van der Waals surface area contributed by atoms with Crippen molar-refractivity contribution in [2.24, 2.45) is 5.11 Å². The Morgan fingerprint density at radius 2 is 2.12 bits per heavy atom. The minimum Gasteiger partial charge on any atom is -0.507 e. The molecule has 0 aromatic heterocycles. The lowest BCUT2D eigenvalue weighted by Gasteiger charge is -2.09. The summed E-state index contributed by atoms with van der Waals surface area (Å²) in [6, 6.07) is 3.12. The zero-order chi connectivity index (χ0) is 12.9. The molecular weight excluding hydrogens is 235 g/mol. The van der Waals surface area contributed by atoms with Crippen LogP contribution in [0.25, 0.3) is 16.5 Å². The lowest BCUT2D eigenvalue weighted by Crippen LogP contribution is -2.05. The molecule has 1 rings (SSSR count). The van der Waals surface area contributed by atoms with Gasteiger partial charge in [0.15, 0.2) is 0 Å². The zero-order valence-corrected chi connectivity index (χ0v) is 8.52. The summed E-state index contributed by atoms with van der Waals surface area (Å²) in [5.41, 5.74) is 7.17. The maximum Gasteiger partial charge on any atom is 0.419 e. The predicted octanol–water partition coefficient (Wildman–Crippen LogP) is 3.73. The SMILES string of the molecule is [N-]=[N+]=NCC=Cc1ccc(O)c(C(F)(F)F)c1. The summed E-state index contributed by atoms with van der Waals surface area (Å²) in [5, 5.41) is 12.3. The second-order valence-corrected chi connectivity index (χ2v) is 3.09. The van der Waals surface area contributed by atoms with Gasteiger partial charge in [-0.1, -0.05) is 23.3 Å². The quantitative estimate of drug-likeness (QED) is 0.490. The van der Waals surface area contributed by atoms with Crippen molar-refractivity contribution in [1.82, 2.24) is 0 Å². The van der Waals surface area contributed by atoms with Gasteiger partial charge in [0.1, 0.15) is 5.75 Å². The largest absolute Gasteiger partial charge is 0.507 e. The fourth-order valence-electron chi connectivity index (χ4n) is 1.16. The molecule has 0 aliphatic heterocycles. The predicted molar refractivity (Wildman–Crippen MR) is 56.2 cm³/mol. The second-order valence-electron chi connectivity index (χ2n) is 3.09. The van der Waals surface area contributed by atoms with Crippen molar-refractivity contribution in [3.8, 4) is 5.75 Å². The first-order valence-corrected chi connectivity index (χ1v) is 4.53. The summed E-state index contributed by atoms with van der Waals surface area (Å²) in [4.78, 5) is 2.49. The molecule has 0 radical (unpaired) electrons. The van der Waals surface area contributed by atoms with Gasteiger partial charge >= 0.3 is 6.18 Å². The number of aromatic hydroxyl groups is 1. The van der Waals surface area contributed by atoms with E-state index in [1.54, 1.807) is 0 Å². The highest BCUT2D eigenvalue weighted by Gasteiger charge is 2.33. The van der Waals surface area contributed by atoms with E-state index in [0.717, 1.165) is 12.1 Å². The van der Waals surface area contributed by atoms with Crippen molar-refractivity contribution in [2.45, 2.75) is 6.18 Å². The Hall–Kier alpha value is -2.14. The summed E-state index contributed by atoms with van der Waals surface area (Å²) >= 11 is 0. The molecule has 1 N–H and O–H groups in total. The van der Waals surface area contributed by atoms with Gasteiger partial charge in [0.05, 0.1) is 5.56 Å². The van der Waals surface area contributed by atoms with E-state index < -0.39 is 17.5 Å². The van der Waals surface area contributed by atoms with Gasteiger partial charge in [-0.05, 0) is 23.2 Å². The molecule has 0 unspecified atom stereocenters. The molecule has 1 aromatic rings. The molecule has 0 fully saturated rings. The van der Waals surface area contributed by atoms with Gasteiger partial charge in [0, 0.05) is 11.5 Å². The van der Waals surface area contributed by atoms with Crippen LogP contribution in [0.15, 0.2) is 29.4 Å².